The number of nitrogens with zero attached hydrogens (tertiary/aromatic N) is 1. The van der Waals surface area contributed by atoms with Crippen LogP contribution in [0, 0.1) is 0 Å². The third kappa shape index (κ3) is 3.16. The summed E-state index contributed by atoms with van der Waals surface area (Å²) < 4.78 is 10.9. The SMILES string of the molecule is Clc1cccnc1CCC1OCCCO1. The topological polar surface area (TPSA) is 31.4 Å². The van der Waals surface area contributed by atoms with Crippen LogP contribution in [0.3, 0.4) is 0 Å². The zero-order valence-corrected chi connectivity index (χ0v) is 9.24. The van der Waals surface area contributed by atoms with Gasteiger partial charge in [-0.25, -0.2) is 0 Å². The molecule has 1 aliphatic heterocycles. The molecule has 2 heterocycles. The Morgan fingerprint density at radius 3 is 2.93 bits per heavy atom. The number of halogens is 1. The molecule has 1 aromatic heterocycles. The van der Waals surface area contributed by atoms with Gasteiger partial charge < -0.3 is 9.47 Å². The lowest BCUT2D eigenvalue weighted by molar-refractivity contribution is -0.180. The molecule has 4 heteroatoms. The molecule has 0 atom stereocenters. The molecule has 0 aliphatic carbocycles. The Bertz CT molecular complexity index is 313. The van der Waals surface area contributed by atoms with Gasteiger partial charge in [0, 0.05) is 12.6 Å². The van der Waals surface area contributed by atoms with Crippen molar-refractivity contribution >= 4 is 11.6 Å². The quantitative estimate of drug-likeness (QED) is 0.795. The van der Waals surface area contributed by atoms with Crippen LogP contribution in [-0.2, 0) is 15.9 Å². The van der Waals surface area contributed by atoms with Gasteiger partial charge in [-0.3, -0.25) is 4.98 Å². The van der Waals surface area contributed by atoms with E-state index in [1.54, 1.807) is 6.20 Å². The molecule has 0 N–H and O–H groups in total. The first kappa shape index (κ1) is 10.9. The van der Waals surface area contributed by atoms with Gasteiger partial charge >= 0.3 is 0 Å². The van der Waals surface area contributed by atoms with Crippen LogP contribution in [0.2, 0.25) is 5.02 Å². The summed E-state index contributed by atoms with van der Waals surface area (Å²) in [6, 6.07) is 3.69. The lowest BCUT2D eigenvalue weighted by atomic mass is 10.2. The molecule has 0 unspecified atom stereocenters. The monoisotopic (exact) mass is 227 g/mol. The largest absolute Gasteiger partial charge is 0.353 e. The lowest BCUT2D eigenvalue weighted by Crippen LogP contribution is -2.25. The standard InChI is InChI=1S/C11H14ClNO2/c12-9-3-1-6-13-10(9)4-5-11-14-7-2-8-15-11/h1,3,6,11H,2,4-5,7-8H2. The van der Waals surface area contributed by atoms with E-state index >= 15 is 0 Å². The maximum atomic E-state index is 6.00. The second-order valence-electron chi connectivity index (χ2n) is 3.50. The van der Waals surface area contributed by atoms with Gasteiger partial charge in [0.15, 0.2) is 6.29 Å². The molecule has 1 aromatic rings. The average Bonchev–Trinajstić information content (AvgIpc) is 2.29. The molecule has 3 nitrogen and oxygen atoms in total. The lowest BCUT2D eigenvalue weighted by Gasteiger charge is -2.22. The van der Waals surface area contributed by atoms with Crippen LogP contribution in [0.15, 0.2) is 18.3 Å². The van der Waals surface area contributed by atoms with Gasteiger partial charge in [-0.2, -0.15) is 0 Å². The van der Waals surface area contributed by atoms with Crippen molar-refractivity contribution in [2.24, 2.45) is 0 Å². The summed E-state index contributed by atoms with van der Waals surface area (Å²) in [5.74, 6) is 0. The zero-order chi connectivity index (χ0) is 10.5. The van der Waals surface area contributed by atoms with Gasteiger partial charge in [0.05, 0.1) is 23.9 Å². The molecule has 0 saturated carbocycles. The summed E-state index contributed by atoms with van der Waals surface area (Å²) in [5.41, 5.74) is 0.914. The average molecular weight is 228 g/mol. The smallest absolute Gasteiger partial charge is 0.157 e. The molecule has 0 spiro atoms. The Morgan fingerprint density at radius 2 is 2.20 bits per heavy atom. The molecule has 0 aromatic carbocycles. The minimum Gasteiger partial charge on any atom is -0.353 e. The molecule has 0 radical (unpaired) electrons. The van der Waals surface area contributed by atoms with Crippen molar-refractivity contribution in [3.63, 3.8) is 0 Å². The van der Waals surface area contributed by atoms with Crippen molar-refractivity contribution in [2.45, 2.75) is 25.6 Å². The zero-order valence-electron chi connectivity index (χ0n) is 8.49. The highest BCUT2D eigenvalue weighted by Gasteiger charge is 2.14. The van der Waals surface area contributed by atoms with Crippen molar-refractivity contribution in [3.05, 3.63) is 29.0 Å². The molecule has 0 amide bonds. The van der Waals surface area contributed by atoms with Crippen molar-refractivity contribution in [2.75, 3.05) is 13.2 Å². The van der Waals surface area contributed by atoms with Crippen molar-refractivity contribution < 1.29 is 9.47 Å². The number of rotatable bonds is 3. The van der Waals surface area contributed by atoms with E-state index in [9.17, 15) is 0 Å². The Balaban J connectivity index is 1.84. The number of hydrogen-bond acceptors (Lipinski definition) is 3. The first-order valence-corrected chi connectivity index (χ1v) is 5.56. The van der Waals surface area contributed by atoms with E-state index in [1.807, 2.05) is 12.1 Å². The highest BCUT2D eigenvalue weighted by atomic mass is 35.5. The molecular weight excluding hydrogens is 214 g/mol. The summed E-state index contributed by atoms with van der Waals surface area (Å²) in [5, 5.41) is 0.716. The first-order valence-electron chi connectivity index (χ1n) is 5.19. The van der Waals surface area contributed by atoms with Gasteiger partial charge in [0.2, 0.25) is 0 Å². The summed E-state index contributed by atoms with van der Waals surface area (Å²) in [4.78, 5) is 4.22. The number of ether oxygens (including phenoxy) is 2. The van der Waals surface area contributed by atoms with E-state index < -0.39 is 0 Å². The Kier molecular flexibility index (Phi) is 3.94. The summed E-state index contributed by atoms with van der Waals surface area (Å²) >= 11 is 6.00. The molecule has 1 saturated heterocycles. The van der Waals surface area contributed by atoms with Crippen LogP contribution >= 0.6 is 11.6 Å². The van der Waals surface area contributed by atoms with Gasteiger partial charge in [0.25, 0.3) is 0 Å². The van der Waals surface area contributed by atoms with Gasteiger partial charge in [-0.1, -0.05) is 11.6 Å². The van der Waals surface area contributed by atoms with Gasteiger partial charge in [-0.15, -0.1) is 0 Å². The fourth-order valence-electron chi connectivity index (χ4n) is 1.56. The van der Waals surface area contributed by atoms with Gasteiger partial charge in [0.1, 0.15) is 0 Å². The van der Waals surface area contributed by atoms with Crippen LogP contribution < -0.4 is 0 Å². The molecule has 1 fully saturated rings. The Morgan fingerprint density at radius 1 is 1.40 bits per heavy atom. The molecule has 0 bridgehead atoms. The second-order valence-corrected chi connectivity index (χ2v) is 3.90. The van der Waals surface area contributed by atoms with E-state index in [1.165, 1.54) is 0 Å². The third-order valence-electron chi connectivity index (χ3n) is 2.35. The highest BCUT2D eigenvalue weighted by Crippen LogP contribution is 2.17. The normalized spacial score (nSPS) is 17.9. The third-order valence-corrected chi connectivity index (χ3v) is 2.69. The molecule has 15 heavy (non-hydrogen) atoms. The van der Waals surface area contributed by atoms with Crippen LogP contribution in [-0.4, -0.2) is 24.5 Å². The van der Waals surface area contributed by atoms with E-state index in [-0.39, 0.29) is 6.29 Å². The Labute approximate surface area is 94.4 Å². The van der Waals surface area contributed by atoms with Crippen LogP contribution in [0.4, 0.5) is 0 Å². The number of aromatic nitrogens is 1. The first-order chi connectivity index (χ1) is 7.36. The van der Waals surface area contributed by atoms with Crippen molar-refractivity contribution in [1.29, 1.82) is 0 Å². The van der Waals surface area contributed by atoms with Crippen molar-refractivity contribution in [1.82, 2.24) is 4.98 Å². The van der Waals surface area contributed by atoms with Crippen LogP contribution in [0.1, 0.15) is 18.5 Å². The van der Waals surface area contributed by atoms with E-state index in [4.69, 9.17) is 21.1 Å². The predicted molar refractivity (Wildman–Crippen MR) is 57.9 cm³/mol. The second kappa shape index (κ2) is 5.45. The molecule has 82 valence electrons. The predicted octanol–water partition coefficient (Wildman–Crippen LogP) is 2.43. The maximum Gasteiger partial charge on any atom is 0.157 e. The van der Waals surface area contributed by atoms with Crippen LogP contribution in [0.25, 0.3) is 0 Å². The minimum atomic E-state index is -0.0863. The number of pyridine rings is 1. The van der Waals surface area contributed by atoms with E-state index in [2.05, 4.69) is 4.98 Å². The minimum absolute atomic E-state index is 0.0863. The maximum absolute atomic E-state index is 6.00. The van der Waals surface area contributed by atoms with E-state index in [0.717, 1.165) is 38.2 Å². The Hall–Kier alpha value is -0.640. The highest BCUT2D eigenvalue weighted by molar-refractivity contribution is 6.31. The molecule has 1 aliphatic rings. The number of aryl methyl sites for hydroxylation is 1. The summed E-state index contributed by atoms with van der Waals surface area (Å²) in [7, 11) is 0. The summed E-state index contributed by atoms with van der Waals surface area (Å²) in [6.45, 7) is 1.58. The van der Waals surface area contributed by atoms with E-state index in [0.29, 0.717) is 5.02 Å². The number of hydrogen-bond donors (Lipinski definition) is 0. The summed E-state index contributed by atoms with van der Waals surface area (Å²) in [6.07, 6.45) is 4.27. The van der Waals surface area contributed by atoms with Crippen molar-refractivity contribution in [3.8, 4) is 0 Å². The molecular formula is C11H14ClNO2. The molecule has 2 rings (SSSR count). The van der Waals surface area contributed by atoms with Crippen LogP contribution in [0.5, 0.6) is 0 Å². The fraction of sp³-hybridized carbons (Fsp3) is 0.545. The van der Waals surface area contributed by atoms with Gasteiger partial charge in [-0.05, 0) is 25.0 Å². The fourth-order valence-corrected chi connectivity index (χ4v) is 1.78.